The summed E-state index contributed by atoms with van der Waals surface area (Å²) >= 11 is 0. The molecule has 0 spiro atoms. The van der Waals surface area contributed by atoms with E-state index >= 15 is 0 Å². The molecule has 0 bridgehead atoms. The third-order valence-corrected chi connectivity index (χ3v) is 2.63. The van der Waals surface area contributed by atoms with Crippen molar-refractivity contribution in [3.63, 3.8) is 0 Å². The fourth-order valence-corrected chi connectivity index (χ4v) is 1.56. The van der Waals surface area contributed by atoms with Gasteiger partial charge >= 0.3 is 6.18 Å². The van der Waals surface area contributed by atoms with Crippen LogP contribution >= 0.6 is 0 Å². The van der Waals surface area contributed by atoms with Crippen LogP contribution in [-0.2, 0) is 15.7 Å². The van der Waals surface area contributed by atoms with Crippen molar-refractivity contribution in [3.05, 3.63) is 29.8 Å². The van der Waals surface area contributed by atoms with E-state index in [-0.39, 0.29) is 12.5 Å². The molecule has 0 radical (unpaired) electrons. The van der Waals surface area contributed by atoms with Crippen LogP contribution in [0.15, 0.2) is 24.3 Å². The van der Waals surface area contributed by atoms with Crippen LogP contribution in [0.4, 0.5) is 13.2 Å². The summed E-state index contributed by atoms with van der Waals surface area (Å²) in [7, 11) is 1.57. The Labute approximate surface area is 121 Å². The highest BCUT2D eigenvalue weighted by atomic mass is 19.4. The maximum atomic E-state index is 12.3. The lowest BCUT2D eigenvalue weighted by molar-refractivity contribution is -0.137. The number of carbonyl (C=O) groups excluding carboxylic acids is 1. The molecule has 1 aromatic rings. The molecule has 0 aliphatic carbocycles. The molecule has 4 nitrogen and oxygen atoms in total. The molecule has 1 amide bonds. The fourth-order valence-electron chi connectivity index (χ4n) is 1.56. The number of nitrogens with one attached hydrogen (secondary N) is 1. The minimum Gasteiger partial charge on any atom is -0.492 e. The number of benzene rings is 1. The lowest BCUT2D eigenvalue weighted by Gasteiger charge is -2.10. The monoisotopic (exact) mass is 305 g/mol. The van der Waals surface area contributed by atoms with Gasteiger partial charge in [-0.3, -0.25) is 4.79 Å². The molecule has 0 fully saturated rings. The number of rotatable bonds is 8. The van der Waals surface area contributed by atoms with Gasteiger partial charge in [-0.05, 0) is 30.7 Å². The summed E-state index contributed by atoms with van der Waals surface area (Å²) in [4.78, 5) is 11.3. The van der Waals surface area contributed by atoms with Gasteiger partial charge in [-0.25, -0.2) is 0 Å². The predicted molar refractivity (Wildman–Crippen MR) is 71.1 cm³/mol. The van der Waals surface area contributed by atoms with Crippen molar-refractivity contribution in [2.75, 3.05) is 26.9 Å². The molecule has 0 aromatic heterocycles. The molecule has 7 heteroatoms. The zero-order valence-corrected chi connectivity index (χ0v) is 11.7. The minimum absolute atomic E-state index is 0.108. The average molecular weight is 305 g/mol. The van der Waals surface area contributed by atoms with Crippen LogP contribution in [-0.4, -0.2) is 32.8 Å². The molecule has 1 rings (SSSR count). The molecule has 0 aliphatic rings. The van der Waals surface area contributed by atoms with Gasteiger partial charge in [0, 0.05) is 20.1 Å². The van der Waals surface area contributed by atoms with Crippen molar-refractivity contribution < 1.29 is 27.4 Å². The van der Waals surface area contributed by atoms with Crippen LogP contribution in [0.1, 0.15) is 18.4 Å². The van der Waals surface area contributed by atoms with Crippen molar-refractivity contribution in [3.8, 4) is 5.75 Å². The first-order valence-electron chi connectivity index (χ1n) is 6.49. The van der Waals surface area contributed by atoms with Gasteiger partial charge in [0.05, 0.1) is 12.1 Å². The Balaban J connectivity index is 2.22. The summed E-state index contributed by atoms with van der Waals surface area (Å²) in [6.07, 6.45) is -3.34. The first-order chi connectivity index (χ1) is 9.93. The average Bonchev–Trinajstić information content (AvgIpc) is 2.43. The second-order valence-corrected chi connectivity index (χ2v) is 4.32. The number of methoxy groups -OCH3 is 1. The summed E-state index contributed by atoms with van der Waals surface area (Å²) in [6.45, 7) is 1.02. The van der Waals surface area contributed by atoms with Crippen LogP contribution in [0.5, 0.6) is 5.75 Å². The SMILES string of the molecule is COCCCC(=O)NCCOc1ccc(C(F)(F)F)cc1. The Morgan fingerprint density at radius 1 is 1.19 bits per heavy atom. The molecule has 0 heterocycles. The van der Waals surface area contributed by atoms with Crippen molar-refractivity contribution in [2.45, 2.75) is 19.0 Å². The second-order valence-electron chi connectivity index (χ2n) is 4.32. The molecular weight excluding hydrogens is 287 g/mol. The van der Waals surface area contributed by atoms with E-state index in [2.05, 4.69) is 5.32 Å². The number of hydrogen-bond donors (Lipinski definition) is 1. The van der Waals surface area contributed by atoms with Crippen molar-refractivity contribution in [1.29, 1.82) is 0 Å². The van der Waals surface area contributed by atoms with E-state index in [1.54, 1.807) is 7.11 Å². The fraction of sp³-hybridized carbons (Fsp3) is 0.500. The summed E-state index contributed by atoms with van der Waals surface area (Å²) in [5.74, 6) is 0.222. The molecule has 0 saturated heterocycles. The lowest BCUT2D eigenvalue weighted by Crippen LogP contribution is -2.28. The molecule has 0 unspecified atom stereocenters. The molecular formula is C14H18F3NO3. The normalized spacial score (nSPS) is 11.2. The highest BCUT2D eigenvalue weighted by molar-refractivity contribution is 5.75. The van der Waals surface area contributed by atoms with Crippen LogP contribution in [0.25, 0.3) is 0 Å². The molecule has 0 aliphatic heterocycles. The van der Waals surface area contributed by atoms with Crippen LogP contribution < -0.4 is 10.1 Å². The molecule has 0 saturated carbocycles. The maximum Gasteiger partial charge on any atom is 0.416 e. The standard InChI is InChI=1S/C14H18F3NO3/c1-20-9-2-3-13(19)18-8-10-21-12-6-4-11(5-7-12)14(15,16)17/h4-7H,2-3,8-10H2,1H3,(H,18,19). The maximum absolute atomic E-state index is 12.3. The highest BCUT2D eigenvalue weighted by Crippen LogP contribution is 2.30. The van der Waals surface area contributed by atoms with E-state index in [1.807, 2.05) is 0 Å². The van der Waals surface area contributed by atoms with Crippen molar-refractivity contribution in [2.24, 2.45) is 0 Å². The molecule has 118 valence electrons. The number of alkyl halides is 3. The third-order valence-electron chi connectivity index (χ3n) is 2.63. The van der Waals surface area contributed by atoms with Gasteiger partial charge in [-0.15, -0.1) is 0 Å². The zero-order valence-electron chi connectivity index (χ0n) is 11.7. The second kappa shape index (κ2) is 8.51. The van der Waals surface area contributed by atoms with E-state index in [9.17, 15) is 18.0 Å². The largest absolute Gasteiger partial charge is 0.492 e. The lowest BCUT2D eigenvalue weighted by atomic mass is 10.2. The molecule has 21 heavy (non-hydrogen) atoms. The minimum atomic E-state index is -4.35. The number of amides is 1. The quantitative estimate of drug-likeness (QED) is 0.751. The smallest absolute Gasteiger partial charge is 0.416 e. The summed E-state index contributed by atoms with van der Waals surface area (Å²) in [6, 6.07) is 4.42. The summed E-state index contributed by atoms with van der Waals surface area (Å²) in [5, 5.41) is 2.65. The van der Waals surface area contributed by atoms with E-state index in [4.69, 9.17) is 9.47 Å². The Morgan fingerprint density at radius 2 is 1.86 bits per heavy atom. The van der Waals surface area contributed by atoms with E-state index < -0.39 is 11.7 Å². The number of hydrogen-bond acceptors (Lipinski definition) is 3. The highest BCUT2D eigenvalue weighted by Gasteiger charge is 2.29. The molecule has 0 atom stereocenters. The van der Waals surface area contributed by atoms with Crippen LogP contribution in [0.3, 0.4) is 0 Å². The van der Waals surface area contributed by atoms with Gasteiger partial charge in [-0.1, -0.05) is 0 Å². The Kier molecular flexibility index (Phi) is 7.01. The van der Waals surface area contributed by atoms with Crippen LogP contribution in [0.2, 0.25) is 0 Å². The van der Waals surface area contributed by atoms with Gasteiger partial charge < -0.3 is 14.8 Å². The topological polar surface area (TPSA) is 47.6 Å². The third kappa shape index (κ3) is 6.99. The molecule has 1 aromatic carbocycles. The van der Waals surface area contributed by atoms with Gasteiger partial charge in [0.2, 0.25) is 5.91 Å². The number of halogens is 3. The van der Waals surface area contributed by atoms with E-state index in [0.29, 0.717) is 31.7 Å². The summed E-state index contributed by atoms with van der Waals surface area (Å²) < 4.78 is 47.1. The van der Waals surface area contributed by atoms with Gasteiger partial charge in [0.1, 0.15) is 12.4 Å². The zero-order chi connectivity index (χ0) is 15.7. The Morgan fingerprint density at radius 3 is 2.43 bits per heavy atom. The number of carbonyl (C=O) groups is 1. The van der Waals surface area contributed by atoms with Gasteiger partial charge in [0.25, 0.3) is 0 Å². The predicted octanol–water partition coefficient (Wildman–Crippen LogP) is 2.63. The van der Waals surface area contributed by atoms with Crippen LogP contribution in [0, 0.1) is 0 Å². The van der Waals surface area contributed by atoms with Crippen molar-refractivity contribution >= 4 is 5.91 Å². The van der Waals surface area contributed by atoms with E-state index in [0.717, 1.165) is 12.1 Å². The summed E-state index contributed by atoms with van der Waals surface area (Å²) in [5.41, 5.74) is -0.721. The van der Waals surface area contributed by atoms with E-state index in [1.165, 1.54) is 12.1 Å². The van der Waals surface area contributed by atoms with Gasteiger partial charge in [-0.2, -0.15) is 13.2 Å². The molecule has 1 N–H and O–H groups in total. The Hall–Kier alpha value is -1.76. The first kappa shape index (κ1) is 17.3. The first-order valence-corrected chi connectivity index (χ1v) is 6.49. The number of ether oxygens (including phenoxy) is 2. The van der Waals surface area contributed by atoms with Crippen molar-refractivity contribution in [1.82, 2.24) is 5.32 Å². The Bertz CT molecular complexity index is 432. The van der Waals surface area contributed by atoms with Gasteiger partial charge in [0.15, 0.2) is 0 Å².